The van der Waals surface area contributed by atoms with E-state index in [1.165, 1.54) is 12.1 Å². The fourth-order valence-corrected chi connectivity index (χ4v) is 4.73. The van der Waals surface area contributed by atoms with E-state index in [1.807, 2.05) is 19.1 Å². The third-order valence-corrected chi connectivity index (χ3v) is 6.87. The van der Waals surface area contributed by atoms with Crippen LogP contribution in [-0.2, 0) is 11.3 Å². The van der Waals surface area contributed by atoms with Gasteiger partial charge >= 0.3 is 0 Å². The summed E-state index contributed by atoms with van der Waals surface area (Å²) in [6.45, 7) is 3.15. The molecule has 1 aliphatic heterocycles. The van der Waals surface area contributed by atoms with Crippen molar-refractivity contribution in [1.29, 1.82) is 0 Å². The van der Waals surface area contributed by atoms with Gasteiger partial charge in [0.05, 0.1) is 36.7 Å². The van der Waals surface area contributed by atoms with Crippen molar-refractivity contribution in [3.05, 3.63) is 100 Å². The van der Waals surface area contributed by atoms with E-state index in [-0.39, 0.29) is 18.6 Å². The minimum absolute atomic E-state index is 0.0706. The molecule has 5 rings (SSSR count). The molecule has 1 atom stereocenters. The van der Waals surface area contributed by atoms with Crippen molar-refractivity contribution >= 4 is 17.5 Å². The molecule has 4 aromatic rings. The molecule has 1 saturated heterocycles. The summed E-state index contributed by atoms with van der Waals surface area (Å²) in [7, 11) is 1.57. The van der Waals surface area contributed by atoms with Crippen molar-refractivity contribution in [2.75, 3.05) is 20.3 Å². The van der Waals surface area contributed by atoms with Crippen molar-refractivity contribution in [3.63, 3.8) is 0 Å². The van der Waals surface area contributed by atoms with E-state index in [0.29, 0.717) is 58.1 Å². The number of ether oxygens (including phenoxy) is 3. The first-order valence-electron chi connectivity index (χ1n) is 12.7. The molecule has 0 unspecified atom stereocenters. The van der Waals surface area contributed by atoms with Gasteiger partial charge < -0.3 is 19.1 Å². The maximum atomic E-state index is 14.0. The number of aryl methyl sites for hydroxylation is 1. The molecule has 1 aromatic heterocycles. The minimum atomic E-state index is -0.420. The van der Waals surface area contributed by atoms with E-state index in [4.69, 9.17) is 30.9 Å². The molecule has 3 aromatic carbocycles. The molecule has 202 valence electrons. The highest BCUT2D eigenvalue weighted by molar-refractivity contribution is 6.30. The fourth-order valence-electron chi connectivity index (χ4n) is 4.61. The van der Waals surface area contributed by atoms with Crippen LogP contribution >= 0.6 is 11.6 Å². The molecule has 1 aliphatic rings. The number of nitrogens with zero attached hydrogens (tertiary/aromatic N) is 3. The Morgan fingerprint density at radius 1 is 1.13 bits per heavy atom. The summed E-state index contributed by atoms with van der Waals surface area (Å²) in [5.41, 5.74) is 2.59. The highest BCUT2D eigenvalue weighted by Gasteiger charge is 2.28. The zero-order valence-electron chi connectivity index (χ0n) is 21.8. The van der Waals surface area contributed by atoms with Crippen LogP contribution in [0.4, 0.5) is 4.39 Å². The normalized spacial score (nSPS) is 14.8. The van der Waals surface area contributed by atoms with E-state index in [9.17, 15) is 9.18 Å². The van der Waals surface area contributed by atoms with Crippen LogP contribution in [0.1, 0.15) is 34.5 Å². The number of aromatic nitrogens is 2. The third-order valence-electron chi connectivity index (χ3n) is 6.62. The van der Waals surface area contributed by atoms with Crippen molar-refractivity contribution in [3.8, 4) is 23.1 Å². The smallest absolute Gasteiger partial charge is 0.254 e. The van der Waals surface area contributed by atoms with Crippen LogP contribution in [0, 0.1) is 12.7 Å². The number of hydrogen-bond donors (Lipinski definition) is 0. The first-order chi connectivity index (χ1) is 18.9. The maximum Gasteiger partial charge on any atom is 0.254 e. The number of halogens is 2. The summed E-state index contributed by atoms with van der Waals surface area (Å²) in [5.74, 6) is 0.712. The van der Waals surface area contributed by atoms with Gasteiger partial charge in [0.15, 0.2) is 0 Å². The molecule has 0 bridgehead atoms. The number of hydrogen-bond acceptors (Lipinski definition) is 5. The zero-order valence-corrected chi connectivity index (χ0v) is 22.5. The summed E-state index contributed by atoms with van der Waals surface area (Å²) in [4.78, 5) is 15.6. The van der Waals surface area contributed by atoms with Crippen LogP contribution in [0.15, 0.2) is 72.8 Å². The van der Waals surface area contributed by atoms with Crippen LogP contribution in [-0.4, -0.2) is 47.0 Å². The average molecular weight is 550 g/mol. The summed E-state index contributed by atoms with van der Waals surface area (Å²) in [6, 6.07) is 20.2. The van der Waals surface area contributed by atoms with Crippen molar-refractivity contribution in [1.82, 2.24) is 14.7 Å². The molecule has 1 fully saturated rings. The lowest BCUT2D eigenvalue weighted by Crippen LogP contribution is -2.37. The highest BCUT2D eigenvalue weighted by atomic mass is 35.5. The van der Waals surface area contributed by atoms with Crippen LogP contribution in [0.5, 0.6) is 17.4 Å². The van der Waals surface area contributed by atoms with Crippen LogP contribution < -0.4 is 9.47 Å². The Morgan fingerprint density at radius 3 is 2.62 bits per heavy atom. The van der Waals surface area contributed by atoms with E-state index in [1.54, 1.807) is 65.2 Å². The molecule has 0 radical (unpaired) electrons. The Kier molecular flexibility index (Phi) is 8.14. The molecule has 0 spiro atoms. The molecule has 0 N–H and O–H groups in total. The number of benzene rings is 3. The van der Waals surface area contributed by atoms with E-state index in [0.717, 1.165) is 12.8 Å². The second-order valence-corrected chi connectivity index (χ2v) is 9.81. The van der Waals surface area contributed by atoms with Gasteiger partial charge in [0, 0.05) is 29.8 Å². The molecule has 0 saturated carbocycles. The van der Waals surface area contributed by atoms with Crippen molar-refractivity contribution < 1.29 is 23.4 Å². The predicted molar refractivity (Wildman–Crippen MR) is 146 cm³/mol. The second-order valence-electron chi connectivity index (χ2n) is 9.37. The van der Waals surface area contributed by atoms with Gasteiger partial charge in [-0.2, -0.15) is 5.10 Å². The van der Waals surface area contributed by atoms with Crippen LogP contribution in [0.25, 0.3) is 5.69 Å². The van der Waals surface area contributed by atoms with E-state index in [2.05, 4.69) is 0 Å². The topological polar surface area (TPSA) is 65.8 Å². The minimum Gasteiger partial charge on any atom is -0.497 e. The zero-order chi connectivity index (χ0) is 27.4. The van der Waals surface area contributed by atoms with Gasteiger partial charge in [-0.1, -0.05) is 23.7 Å². The van der Waals surface area contributed by atoms with Crippen molar-refractivity contribution in [2.24, 2.45) is 0 Å². The van der Waals surface area contributed by atoms with E-state index >= 15 is 0 Å². The third kappa shape index (κ3) is 6.24. The molecular formula is C30H29ClFN3O4. The van der Waals surface area contributed by atoms with Crippen molar-refractivity contribution in [2.45, 2.75) is 32.4 Å². The Hall–Kier alpha value is -3.88. The Morgan fingerprint density at radius 2 is 1.90 bits per heavy atom. The van der Waals surface area contributed by atoms with Gasteiger partial charge in [-0.05, 0) is 74.4 Å². The second kappa shape index (κ2) is 11.9. The molecule has 1 amide bonds. The first kappa shape index (κ1) is 26.7. The van der Waals surface area contributed by atoms with Gasteiger partial charge in [0.1, 0.15) is 17.3 Å². The van der Waals surface area contributed by atoms with E-state index < -0.39 is 5.82 Å². The molecule has 9 heteroatoms. The van der Waals surface area contributed by atoms with Gasteiger partial charge in [-0.3, -0.25) is 4.79 Å². The molecular weight excluding hydrogens is 521 g/mol. The Bertz CT molecular complexity index is 1450. The largest absolute Gasteiger partial charge is 0.497 e. The molecule has 39 heavy (non-hydrogen) atoms. The Balaban J connectivity index is 1.56. The standard InChI is InChI=1S/C30H29ClFN3O4/c1-20-28(19-34(18-27-10-5-15-38-27)29(36)21-6-3-8-25(16-21)37-2)30(39-26-9-4-7-23(32)17-26)35(33-20)24-13-11-22(31)12-14-24/h3-4,6-9,11-14,16-17,27H,5,10,15,18-19H2,1-2H3/t27-/m0/s1. The summed E-state index contributed by atoms with van der Waals surface area (Å²) in [5, 5.41) is 5.32. The quantitative estimate of drug-likeness (QED) is 0.235. The van der Waals surface area contributed by atoms with Crippen LogP contribution in [0.2, 0.25) is 5.02 Å². The van der Waals surface area contributed by atoms with Crippen LogP contribution in [0.3, 0.4) is 0 Å². The van der Waals surface area contributed by atoms with Gasteiger partial charge in [-0.15, -0.1) is 0 Å². The van der Waals surface area contributed by atoms with Gasteiger partial charge in [-0.25, -0.2) is 9.07 Å². The number of methoxy groups -OCH3 is 1. The monoisotopic (exact) mass is 549 g/mol. The number of carbonyl (C=O) groups is 1. The summed E-state index contributed by atoms with van der Waals surface area (Å²) in [6.07, 6.45) is 1.75. The lowest BCUT2D eigenvalue weighted by molar-refractivity contribution is 0.0505. The number of rotatable bonds is 9. The lowest BCUT2D eigenvalue weighted by Gasteiger charge is -2.26. The lowest BCUT2D eigenvalue weighted by atomic mass is 10.1. The number of amides is 1. The maximum absolute atomic E-state index is 14.0. The first-order valence-corrected chi connectivity index (χ1v) is 13.1. The fraction of sp³-hybridized carbons (Fsp3) is 0.267. The van der Waals surface area contributed by atoms with Gasteiger partial charge in [0.25, 0.3) is 5.91 Å². The Labute approximate surface area is 231 Å². The van der Waals surface area contributed by atoms with Gasteiger partial charge in [0.2, 0.25) is 5.88 Å². The molecule has 2 heterocycles. The average Bonchev–Trinajstić information content (AvgIpc) is 3.56. The molecule has 0 aliphatic carbocycles. The molecule has 7 nitrogen and oxygen atoms in total. The summed E-state index contributed by atoms with van der Waals surface area (Å²) < 4.78 is 33.2. The SMILES string of the molecule is COc1cccc(C(=O)N(Cc2c(C)nn(-c3ccc(Cl)cc3)c2Oc2cccc(F)c2)C[C@@H]2CCCO2)c1. The predicted octanol–water partition coefficient (Wildman–Crippen LogP) is 6.60. The number of carbonyl (C=O) groups excluding carboxylic acids is 1. The highest BCUT2D eigenvalue weighted by Crippen LogP contribution is 2.33. The summed E-state index contributed by atoms with van der Waals surface area (Å²) >= 11 is 6.12.